The van der Waals surface area contributed by atoms with Gasteiger partial charge < -0.3 is 9.53 Å². The molecule has 0 saturated carbocycles. The average molecular weight is 184 g/mol. The molecule has 2 heteroatoms. The van der Waals surface area contributed by atoms with E-state index >= 15 is 0 Å². The summed E-state index contributed by atoms with van der Waals surface area (Å²) in [7, 11) is 0. The SMILES string of the molecule is CCC(CC)C1(C=O)CCCOC1. The van der Waals surface area contributed by atoms with Gasteiger partial charge in [-0.15, -0.1) is 0 Å². The van der Waals surface area contributed by atoms with E-state index < -0.39 is 0 Å². The highest BCUT2D eigenvalue weighted by Crippen LogP contribution is 2.38. The minimum atomic E-state index is -0.165. The van der Waals surface area contributed by atoms with Crippen molar-refractivity contribution in [3.05, 3.63) is 0 Å². The Labute approximate surface area is 80.7 Å². The summed E-state index contributed by atoms with van der Waals surface area (Å²) < 4.78 is 5.43. The summed E-state index contributed by atoms with van der Waals surface area (Å²) >= 11 is 0. The molecular formula is C11H20O2. The van der Waals surface area contributed by atoms with Gasteiger partial charge in [-0.1, -0.05) is 26.7 Å². The maximum atomic E-state index is 11.2. The Hall–Kier alpha value is -0.370. The van der Waals surface area contributed by atoms with Crippen LogP contribution < -0.4 is 0 Å². The molecule has 0 amide bonds. The maximum absolute atomic E-state index is 11.2. The maximum Gasteiger partial charge on any atom is 0.128 e. The molecule has 1 atom stereocenters. The number of carbonyl (C=O) groups excluding carboxylic acids is 1. The summed E-state index contributed by atoms with van der Waals surface area (Å²) in [5.41, 5.74) is -0.165. The van der Waals surface area contributed by atoms with Crippen molar-refractivity contribution in [2.45, 2.75) is 39.5 Å². The lowest BCUT2D eigenvalue weighted by Gasteiger charge is -2.38. The van der Waals surface area contributed by atoms with E-state index in [9.17, 15) is 4.79 Å². The molecule has 1 aliphatic heterocycles. The monoisotopic (exact) mass is 184 g/mol. The lowest BCUT2D eigenvalue weighted by molar-refractivity contribution is -0.129. The van der Waals surface area contributed by atoms with Crippen LogP contribution in [0.1, 0.15) is 39.5 Å². The van der Waals surface area contributed by atoms with Gasteiger partial charge in [-0.25, -0.2) is 0 Å². The first-order valence-corrected chi connectivity index (χ1v) is 5.33. The summed E-state index contributed by atoms with van der Waals surface area (Å²) in [5, 5.41) is 0. The summed E-state index contributed by atoms with van der Waals surface area (Å²) in [4.78, 5) is 11.2. The van der Waals surface area contributed by atoms with Gasteiger partial charge >= 0.3 is 0 Å². The summed E-state index contributed by atoms with van der Waals surface area (Å²) in [6.45, 7) is 5.79. The van der Waals surface area contributed by atoms with Crippen molar-refractivity contribution >= 4 is 6.29 Å². The first-order chi connectivity index (χ1) is 6.29. The molecule has 0 N–H and O–H groups in total. The van der Waals surface area contributed by atoms with Crippen LogP contribution in [0.2, 0.25) is 0 Å². The zero-order valence-corrected chi connectivity index (χ0v) is 8.71. The normalized spacial score (nSPS) is 29.2. The molecule has 13 heavy (non-hydrogen) atoms. The zero-order valence-electron chi connectivity index (χ0n) is 8.71. The standard InChI is InChI=1S/C11H20O2/c1-3-10(4-2)11(8-12)6-5-7-13-9-11/h8,10H,3-7,9H2,1-2H3. The topological polar surface area (TPSA) is 26.3 Å². The molecule has 1 fully saturated rings. The van der Waals surface area contributed by atoms with Gasteiger partial charge in [-0.3, -0.25) is 0 Å². The molecule has 0 aromatic rings. The smallest absolute Gasteiger partial charge is 0.128 e. The van der Waals surface area contributed by atoms with E-state index in [2.05, 4.69) is 13.8 Å². The van der Waals surface area contributed by atoms with Crippen LogP contribution in [0, 0.1) is 11.3 Å². The summed E-state index contributed by atoms with van der Waals surface area (Å²) in [6.07, 6.45) is 5.36. The van der Waals surface area contributed by atoms with Gasteiger partial charge in [0, 0.05) is 6.61 Å². The van der Waals surface area contributed by atoms with Crippen LogP contribution in [0.4, 0.5) is 0 Å². The molecule has 0 spiro atoms. The number of aldehydes is 1. The van der Waals surface area contributed by atoms with Crippen LogP contribution in [-0.2, 0) is 9.53 Å². The predicted molar refractivity (Wildman–Crippen MR) is 52.6 cm³/mol. The average Bonchev–Trinajstić information content (AvgIpc) is 2.21. The first kappa shape index (κ1) is 10.7. The fraction of sp³-hybridized carbons (Fsp3) is 0.909. The molecule has 0 bridgehead atoms. The van der Waals surface area contributed by atoms with E-state index in [4.69, 9.17) is 4.74 Å². The van der Waals surface area contributed by atoms with E-state index in [1.165, 1.54) is 0 Å². The van der Waals surface area contributed by atoms with E-state index in [-0.39, 0.29) is 5.41 Å². The number of ether oxygens (including phenoxy) is 1. The molecule has 1 heterocycles. The minimum absolute atomic E-state index is 0.165. The Morgan fingerprint density at radius 2 is 2.15 bits per heavy atom. The van der Waals surface area contributed by atoms with E-state index in [0.717, 1.165) is 38.6 Å². The van der Waals surface area contributed by atoms with E-state index in [1.54, 1.807) is 0 Å². The minimum Gasteiger partial charge on any atom is -0.380 e. The van der Waals surface area contributed by atoms with Crippen molar-refractivity contribution in [2.24, 2.45) is 11.3 Å². The van der Waals surface area contributed by atoms with Crippen LogP contribution in [0.3, 0.4) is 0 Å². The molecule has 0 aromatic heterocycles. The van der Waals surface area contributed by atoms with Crippen molar-refractivity contribution in [3.8, 4) is 0 Å². The molecule has 1 saturated heterocycles. The lowest BCUT2D eigenvalue weighted by atomic mass is 9.70. The van der Waals surface area contributed by atoms with Crippen LogP contribution >= 0.6 is 0 Å². The molecule has 1 unspecified atom stereocenters. The van der Waals surface area contributed by atoms with Crippen LogP contribution in [0.25, 0.3) is 0 Å². The zero-order chi connectivity index (χ0) is 9.73. The third-order valence-corrected chi connectivity index (χ3v) is 3.34. The van der Waals surface area contributed by atoms with E-state index in [1.807, 2.05) is 0 Å². The van der Waals surface area contributed by atoms with Crippen molar-refractivity contribution in [1.82, 2.24) is 0 Å². The lowest BCUT2D eigenvalue weighted by Crippen LogP contribution is -2.39. The largest absolute Gasteiger partial charge is 0.380 e. The van der Waals surface area contributed by atoms with Gasteiger partial charge in [0.2, 0.25) is 0 Å². The number of carbonyl (C=O) groups is 1. The molecule has 0 aliphatic carbocycles. The predicted octanol–water partition coefficient (Wildman–Crippen LogP) is 2.42. The Kier molecular flexibility index (Phi) is 3.91. The molecular weight excluding hydrogens is 164 g/mol. The highest BCUT2D eigenvalue weighted by Gasteiger charge is 2.38. The number of hydrogen-bond donors (Lipinski definition) is 0. The van der Waals surface area contributed by atoms with E-state index in [0.29, 0.717) is 12.5 Å². The Morgan fingerprint density at radius 1 is 1.46 bits per heavy atom. The van der Waals surface area contributed by atoms with Gasteiger partial charge in [0.05, 0.1) is 12.0 Å². The third kappa shape index (κ3) is 2.11. The second kappa shape index (κ2) is 4.75. The summed E-state index contributed by atoms with van der Waals surface area (Å²) in [5.74, 6) is 0.505. The highest BCUT2D eigenvalue weighted by atomic mass is 16.5. The van der Waals surface area contributed by atoms with Gasteiger partial charge in [0.15, 0.2) is 0 Å². The van der Waals surface area contributed by atoms with Crippen LogP contribution in [0.15, 0.2) is 0 Å². The first-order valence-electron chi connectivity index (χ1n) is 5.33. The molecule has 2 nitrogen and oxygen atoms in total. The van der Waals surface area contributed by atoms with Crippen molar-refractivity contribution in [1.29, 1.82) is 0 Å². The second-order valence-corrected chi connectivity index (χ2v) is 4.02. The second-order valence-electron chi connectivity index (χ2n) is 4.02. The molecule has 76 valence electrons. The van der Waals surface area contributed by atoms with Crippen molar-refractivity contribution in [2.75, 3.05) is 13.2 Å². The van der Waals surface area contributed by atoms with Gasteiger partial charge in [-0.05, 0) is 18.8 Å². The van der Waals surface area contributed by atoms with Crippen LogP contribution in [0.5, 0.6) is 0 Å². The fourth-order valence-electron chi connectivity index (χ4n) is 2.45. The number of rotatable bonds is 4. The highest BCUT2D eigenvalue weighted by molar-refractivity contribution is 5.60. The quantitative estimate of drug-likeness (QED) is 0.627. The molecule has 1 aliphatic rings. The van der Waals surface area contributed by atoms with Gasteiger partial charge in [0.25, 0.3) is 0 Å². The third-order valence-electron chi connectivity index (χ3n) is 3.34. The van der Waals surface area contributed by atoms with Crippen LogP contribution in [-0.4, -0.2) is 19.5 Å². The van der Waals surface area contributed by atoms with Crippen molar-refractivity contribution < 1.29 is 9.53 Å². The Morgan fingerprint density at radius 3 is 2.54 bits per heavy atom. The Bertz CT molecular complexity index is 155. The number of hydrogen-bond acceptors (Lipinski definition) is 2. The van der Waals surface area contributed by atoms with Crippen molar-refractivity contribution in [3.63, 3.8) is 0 Å². The fourth-order valence-corrected chi connectivity index (χ4v) is 2.45. The molecule has 0 radical (unpaired) electrons. The molecule has 0 aromatic carbocycles. The Balaban J connectivity index is 2.70. The molecule has 1 rings (SSSR count). The van der Waals surface area contributed by atoms with Gasteiger partial charge in [-0.2, -0.15) is 0 Å². The summed E-state index contributed by atoms with van der Waals surface area (Å²) in [6, 6.07) is 0. The van der Waals surface area contributed by atoms with Gasteiger partial charge in [0.1, 0.15) is 6.29 Å².